The number of hydrogen-bond donors (Lipinski definition) is 4. The van der Waals surface area contributed by atoms with Crippen LogP contribution in [0.15, 0.2) is 53.5 Å². The topological polar surface area (TPSA) is 140 Å². The Morgan fingerprint density at radius 2 is 1.89 bits per heavy atom. The van der Waals surface area contributed by atoms with Crippen molar-refractivity contribution in [2.75, 3.05) is 6.54 Å². The van der Waals surface area contributed by atoms with Crippen LogP contribution in [-0.4, -0.2) is 54.7 Å². The van der Waals surface area contributed by atoms with Crippen molar-refractivity contribution in [3.05, 3.63) is 81.5 Å². The van der Waals surface area contributed by atoms with Crippen LogP contribution in [0.2, 0.25) is 0 Å². The number of carbonyl (C=O) groups is 2. The maximum atomic E-state index is 13.6. The minimum absolute atomic E-state index is 0.112. The molecule has 2 aromatic heterocycles. The maximum absolute atomic E-state index is 13.6. The van der Waals surface area contributed by atoms with Crippen molar-refractivity contribution in [3.63, 3.8) is 0 Å². The second-order valence-corrected chi connectivity index (χ2v) is 9.52. The number of nitrogens with zero attached hydrogens (tertiary/aromatic N) is 3. The zero-order valence-corrected chi connectivity index (χ0v) is 20.2. The smallest absolute Gasteiger partial charge is 0.323 e. The van der Waals surface area contributed by atoms with Crippen molar-refractivity contribution in [2.45, 2.75) is 51.1 Å². The van der Waals surface area contributed by atoms with Gasteiger partial charge in [-0.25, -0.2) is 4.79 Å². The van der Waals surface area contributed by atoms with Gasteiger partial charge in [0.25, 0.3) is 0 Å². The minimum atomic E-state index is -0.574. The standard InChI is InChI=1S/C26H29N7O3/c1-15(2)16-8-10-17(11-9-16)23(19-5-3-6-20-24(19)30-26(36)28-20)29-25(35)21-7-4-12-33(21)22(34)13-18-14-27-32-31-18/h3,5-6,8-11,14-15,21,23H,4,7,12-13H2,1-2H3,(H,29,35)(H,27,31,32)(H2,28,30,36). The Bertz CT molecular complexity index is 1420. The highest BCUT2D eigenvalue weighted by atomic mass is 16.2. The molecular formula is C26H29N7O3. The molecule has 5 rings (SSSR count). The molecule has 1 aliphatic heterocycles. The van der Waals surface area contributed by atoms with E-state index in [9.17, 15) is 14.4 Å². The van der Waals surface area contributed by atoms with Gasteiger partial charge in [-0.05, 0) is 36.0 Å². The number of benzene rings is 2. The number of fused-ring (bicyclic) bond motifs is 1. The van der Waals surface area contributed by atoms with Gasteiger partial charge in [0.15, 0.2) is 0 Å². The average molecular weight is 488 g/mol. The van der Waals surface area contributed by atoms with Crippen LogP contribution in [0.5, 0.6) is 0 Å². The zero-order chi connectivity index (χ0) is 25.2. The van der Waals surface area contributed by atoms with Crippen LogP contribution in [0.25, 0.3) is 11.0 Å². The van der Waals surface area contributed by atoms with Gasteiger partial charge in [0.1, 0.15) is 6.04 Å². The fraction of sp³-hybridized carbons (Fsp3) is 0.346. The van der Waals surface area contributed by atoms with E-state index in [1.807, 2.05) is 30.3 Å². The van der Waals surface area contributed by atoms with Crippen LogP contribution >= 0.6 is 0 Å². The van der Waals surface area contributed by atoms with E-state index in [0.717, 1.165) is 17.5 Å². The molecule has 0 radical (unpaired) electrons. The lowest BCUT2D eigenvalue weighted by Gasteiger charge is -2.27. The zero-order valence-electron chi connectivity index (χ0n) is 20.2. The number of aromatic amines is 3. The largest absolute Gasteiger partial charge is 0.343 e. The molecule has 2 unspecified atom stereocenters. The first-order valence-corrected chi connectivity index (χ1v) is 12.2. The van der Waals surface area contributed by atoms with Crippen LogP contribution in [0.1, 0.15) is 61.0 Å². The molecule has 10 nitrogen and oxygen atoms in total. The van der Waals surface area contributed by atoms with E-state index in [0.29, 0.717) is 35.6 Å². The molecule has 2 atom stereocenters. The van der Waals surface area contributed by atoms with Gasteiger partial charge in [0.2, 0.25) is 11.8 Å². The Morgan fingerprint density at radius 3 is 2.61 bits per heavy atom. The minimum Gasteiger partial charge on any atom is -0.343 e. The van der Waals surface area contributed by atoms with Crippen LogP contribution in [0.4, 0.5) is 0 Å². The van der Waals surface area contributed by atoms with Crippen LogP contribution in [0.3, 0.4) is 0 Å². The lowest BCUT2D eigenvalue weighted by Crippen LogP contribution is -2.47. The molecule has 10 heteroatoms. The summed E-state index contributed by atoms with van der Waals surface area (Å²) in [6.07, 6.45) is 2.96. The van der Waals surface area contributed by atoms with Crippen LogP contribution in [-0.2, 0) is 16.0 Å². The van der Waals surface area contributed by atoms with E-state index in [4.69, 9.17) is 0 Å². The third kappa shape index (κ3) is 4.66. The molecule has 1 fully saturated rings. The molecule has 2 amide bonds. The van der Waals surface area contributed by atoms with Crippen molar-refractivity contribution < 1.29 is 9.59 Å². The van der Waals surface area contributed by atoms with Gasteiger partial charge in [0, 0.05) is 12.1 Å². The summed E-state index contributed by atoms with van der Waals surface area (Å²) in [6, 6.07) is 12.6. The summed E-state index contributed by atoms with van der Waals surface area (Å²) in [5.41, 5.74) is 4.47. The first-order valence-electron chi connectivity index (χ1n) is 12.2. The van der Waals surface area contributed by atoms with Gasteiger partial charge in [-0.15, -0.1) is 5.10 Å². The van der Waals surface area contributed by atoms with Crippen molar-refractivity contribution in [3.8, 4) is 0 Å². The number of carbonyl (C=O) groups excluding carboxylic acids is 2. The number of para-hydroxylation sites is 1. The summed E-state index contributed by atoms with van der Waals surface area (Å²) in [5, 5.41) is 13.3. The molecule has 1 saturated heterocycles. The van der Waals surface area contributed by atoms with Crippen LogP contribution in [0, 0.1) is 0 Å². The van der Waals surface area contributed by atoms with Gasteiger partial charge in [-0.3, -0.25) is 14.7 Å². The number of amides is 2. The van der Waals surface area contributed by atoms with E-state index in [1.165, 1.54) is 11.8 Å². The Morgan fingerprint density at radius 1 is 1.11 bits per heavy atom. The molecule has 36 heavy (non-hydrogen) atoms. The number of nitrogens with one attached hydrogen (secondary N) is 4. The molecule has 1 aliphatic rings. The molecule has 186 valence electrons. The summed E-state index contributed by atoms with van der Waals surface area (Å²) in [5.74, 6) is 0.00435. The van der Waals surface area contributed by atoms with Crippen molar-refractivity contribution in [1.82, 2.24) is 35.6 Å². The summed E-state index contributed by atoms with van der Waals surface area (Å²) in [6.45, 7) is 4.78. The normalized spacial score (nSPS) is 16.5. The lowest BCUT2D eigenvalue weighted by molar-refractivity contribution is -0.138. The van der Waals surface area contributed by atoms with Gasteiger partial charge >= 0.3 is 5.69 Å². The van der Waals surface area contributed by atoms with E-state index in [1.54, 1.807) is 4.90 Å². The number of rotatable bonds is 7. The Balaban J connectivity index is 1.46. The van der Waals surface area contributed by atoms with Crippen molar-refractivity contribution in [2.24, 2.45) is 0 Å². The highest BCUT2D eigenvalue weighted by molar-refractivity contribution is 5.90. The SMILES string of the molecule is CC(C)c1ccc(C(NC(=O)C2CCCN2C(=O)Cc2cnn[nH]2)c2cccc3[nH]c(=O)[nH]c23)cc1. The first-order chi connectivity index (χ1) is 17.4. The van der Waals surface area contributed by atoms with Crippen molar-refractivity contribution >= 4 is 22.8 Å². The Hall–Kier alpha value is -4.21. The summed E-state index contributed by atoms with van der Waals surface area (Å²) < 4.78 is 0. The number of hydrogen-bond acceptors (Lipinski definition) is 5. The molecule has 0 spiro atoms. The van der Waals surface area contributed by atoms with E-state index >= 15 is 0 Å². The lowest BCUT2D eigenvalue weighted by atomic mass is 9.94. The average Bonchev–Trinajstić information content (AvgIpc) is 3.62. The summed E-state index contributed by atoms with van der Waals surface area (Å²) in [7, 11) is 0. The predicted octanol–water partition coefficient (Wildman–Crippen LogP) is 2.54. The monoisotopic (exact) mass is 487 g/mol. The highest BCUT2D eigenvalue weighted by Gasteiger charge is 2.35. The van der Waals surface area contributed by atoms with Crippen LogP contribution < -0.4 is 11.0 Å². The first kappa shape index (κ1) is 23.5. The number of aromatic nitrogens is 5. The van der Waals surface area contributed by atoms with Gasteiger partial charge in [-0.2, -0.15) is 0 Å². The van der Waals surface area contributed by atoms with Gasteiger partial charge < -0.3 is 20.2 Å². The fourth-order valence-electron chi connectivity index (χ4n) is 4.88. The maximum Gasteiger partial charge on any atom is 0.323 e. The molecule has 3 heterocycles. The quantitative estimate of drug-likeness (QED) is 0.317. The summed E-state index contributed by atoms with van der Waals surface area (Å²) >= 11 is 0. The Kier molecular flexibility index (Phi) is 6.41. The molecule has 4 aromatic rings. The third-order valence-electron chi connectivity index (χ3n) is 6.80. The van der Waals surface area contributed by atoms with E-state index < -0.39 is 12.1 Å². The second kappa shape index (κ2) is 9.80. The number of likely N-dealkylation sites (tertiary alicyclic amines) is 1. The molecule has 0 bridgehead atoms. The van der Waals surface area contributed by atoms with Gasteiger partial charge in [0.05, 0.1) is 35.4 Å². The third-order valence-corrected chi connectivity index (χ3v) is 6.80. The van der Waals surface area contributed by atoms with E-state index in [-0.39, 0.29) is 23.9 Å². The Labute approximate surface area is 207 Å². The fourth-order valence-corrected chi connectivity index (χ4v) is 4.88. The summed E-state index contributed by atoms with van der Waals surface area (Å²) in [4.78, 5) is 45.9. The molecule has 0 aliphatic carbocycles. The molecule has 2 aromatic carbocycles. The van der Waals surface area contributed by atoms with Crippen molar-refractivity contribution in [1.29, 1.82) is 0 Å². The predicted molar refractivity (Wildman–Crippen MR) is 134 cm³/mol. The van der Waals surface area contributed by atoms with E-state index in [2.05, 4.69) is 56.7 Å². The molecule has 4 N–H and O–H groups in total. The molecule has 0 saturated carbocycles. The highest BCUT2D eigenvalue weighted by Crippen LogP contribution is 2.29. The molecular weight excluding hydrogens is 458 g/mol. The van der Waals surface area contributed by atoms with Gasteiger partial charge in [-0.1, -0.05) is 55.5 Å². The number of imidazole rings is 1. The number of H-pyrrole nitrogens is 3. The second-order valence-electron chi connectivity index (χ2n) is 9.52.